The van der Waals surface area contributed by atoms with Crippen molar-refractivity contribution in [3.63, 3.8) is 0 Å². The number of aromatic nitrogens is 2. The molecule has 0 radical (unpaired) electrons. The van der Waals surface area contributed by atoms with E-state index in [0.717, 1.165) is 17.4 Å². The monoisotopic (exact) mass is 556 g/mol. The predicted molar refractivity (Wildman–Crippen MR) is 137 cm³/mol. The molecule has 5 aromatic rings. The van der Waals surface area contributed by atoms with Crippen molar-refractivity contribution in [2.75, 3.05) is 0 Å². The number of thiophene rings is 2. The number of nitriles is 1. The number of nitrogens with zero attached hydrogens (tertiary/aromatic N) is 2. The highest BCUT2D eigenvalue weighted by atomic mass is 35.5. The quantitative estimate of drug-likeness (QED) is 0.250. The maximum absolute atomic E-state index is 13.7. The molecule has 184 valence electrons. The van der Waals surface area contributed by atoms with Gasteiger partial charge in [-0.1, -0.05) is 29.8 Å². The fraction of sp³-hybridized carbons (Fsp3) is 0.0800. The molecule has 0 unspecified atom stereocenters. The van der Waals surface area contributed by atoms with Crippen molar-refractivity contribution in [2.45, 2.75) is 12.1 Å². The summed E-state index contributed by atoms with van der Waals surface area (Å²) in [5.74, 6) is -0.967. The number of hydrogen-bond acceptors (Lipinski definition) is 7. The molecule has 0 amide bonds. The Balaban J connectivity index is 1.71. The average Bonchev–Trinajstić information content (AvgIpc) is 3.51. The number of pyridine rings is 2. The largest absolute Gasteiger partial charge is 0.438 e. The minimum Gasteiger partial charge on any atom is -0.438 e. The summed E-state index contributed by atoms with van der Waals surface area (Å²) in [4.78, 5) is 20.9. The summed E-state index contributed by atoms with van der Waals surface area (Å²) in [6.07, 6.45) is -4.67. The lowest BCUT2D eigenvalue weighted by Crippen LogP contribution is -2.27. The van der Waals surface area contributed by atoms with Gasteiger partial charge in [0, 0.05) is 20.8 Å². The first kappa shape index (κ1) is 23.5. The van der Waals surface area contributed by atoms with E-state index < -0.39 is 23.3 Å². The highest BCUT2D eigenvalue weighted by molar-refractivity contribution is 7.26. The highest BCUT2D eigenvalue weighted by Gasteiger charge is 2.37. The van der Waals surface area contributed by atoms with Crippen LogP contribution in [0.15, 0.2) is 64.1 Å². The molecule has 4 aromatic heterocycles. The summed E-state index contributed by atoms with van der Waals surface area (Å²) < 4.78 is 47.4. The summed E-state index contributed by atoms with van der Waals surface area (Å²) >= 11 is 8.25. The van der Waals surface area contributed by atoms with Gasteiger partial charge < -0.3 is 15.5 Å². The number of ether oxygens (including phenoxy) is 1. The van der Waals surface area contributed by atoms with E-state index in [2.05, 4.69) is 9.97 Å². The summed E-state index contributed by atoms with van der Waals surface area (Å²) in [5.41, 5.74) is 5.85. The Hall–Kier alpha value is -3.85. The van der Waals surface area contributed by atoms with Crippen LogP contribution in [0.1, 0.15) is 22.7 Å². The van der Waals surface area contributed by atoms with Gasteiger partial charge in [-0.3, -0.25) is 4.79 Å². The van der Waals surface area contributed by atoms with Crippen LogP contribution in [0.25, 0.3) is 30.9 Å². The number of hydrogen-bond donors (Lipinski definition) is 2. The standard InChI is InChI=1S/C25H12ClF3N4O2S2/c26-11-5-3-10(4-6-11)16-13(9-30)22(31)35-20-18(16)23(34)33-19-17-12(14-2-1-7-36-14)8-15(25(27,28)29)32-24(17)37-21(19)20/h1-8,16H,31H2,(H,33,34)/t16-/m0/s1. The predicted octanol–water partition coefficient (Wildman–Crippen LogP) is 6.76. The van der Waals surface area contributed by atoms with Gasteiger partial charge in [0.05, 0.1) is 21.7 Å². The smallest absolute Gasteiger partial charge is 0.433 e. The normalized spacial score (nSPS) is 15.6. The maximum Gasteiger partial charge on any atom is 0.433 e. The Morgan fingerprint density at radius 3 is 2.62 bits per heavy atom. The van der Waals surface area contributed by atoms with Gasteiger partial charge in [-0.25, -0.2) is 4.98 Å². The van der Waals surface area contributed by atoms with Crippen molar-refractivity contribution in [3.8, 4) is 22.3 Å². The Labute approximate surface area is 219 Å². The minimum absolute atomic E-state index is 0.0394. The summed E-state index contributed by atoms with van der Waals surface area (Å²) in [5, 5.41) is 12.4. The molecule has 6 rings (SSSR count). The van der Waals surface area contributed by atoms with Gasteiger partial charge in [-0.15, -0.1) is 22.7 Å². The molecule has 0 aliphatic carbocycles. The maximum atomic E-state index is 13.7. The van der Waals surface area contributed by atoms with Crippen molar-refractivity contribution in [3.05, 3.63) is 91.5 Å². The molecule has 0 fully saturated rings. The lowest BCUT2D eigenvalue weighted by molar-refractivity contribution is -0.140. The second-order valence-electron chi connectivity index (χ2n) is 8.19. The van der Waals surface area contributed by atoms with Crippen molar-refractivity contribution in [2.24, 2.45) is 5.73 Å². The molecule has 5 heterocycles. The van der Waals surface area contributed by atoms with Crippen LogP contribution in [-0.2, 0) is 6.18 Å². The Morgan fingerprint density at radius 1 is 1.22 bits per heavy atom. The van der Waals surface area contributed by atoms with Crippen LogP contribution in [0.4, 0.5) is 13.2 Å². The Morgan fingerprint density at radius 2 is 1.97 bits per heavy atom. The van der Waals surface area contributed by atoms with E-state index in [-0.39, 0.29) is 33.1 Å². The van der Waals surface area contributed by atoms with E-state index in [1.54, 1.807) is 41.8 Å². The third-order valence-corrected chi connectivity index (χ3v) is 8.29. The first-order chi connectivity index (χ1) is 17.7. The van der Waals surface area contributed by atoms with E-state index in [1.807, 2.05) is 6.07 Å². The third-order valence-electron chi connectivity index (χ3n) is 6.05. The van der Waals surface area contributed by atoms with Crippen molar-refractivity contribution in [1.29, 1.82) is 5.26 Å². The average molecular weight is 557 g/mol. The van der Waals surface area contributed by atoms with Crippen molar-refractivity contribution in [1.82, 2.24) is 9.97 Å². The molecule has 1 aliphatic heterocycles. The number of nitrogens with one attached hydrogen (secondary N) is 1. The van der Waals surface area contributed by atoms with Gasteiger partial charge in [0.2, 0.25) is 5.88 Å². The van der Waals surface area contributed by atoms with Crippen LogP contribution in [-0.4, -0.2) is 9.97 Å². The van der Waals surface area contributed by atoms with Gasteiger partial charge >= 0.3 is 6.18 Å². The lowest BCUT2D eigenvalue weighted by Gasteiger charge is -2.25. The number of H-pyrrole nitrogens is 1. The van der Waals surface area contributed by atoms with E-state index in [9.17, 15) is 23.2 Å². The number of alkyl halides is 3. The Kier molecular flexibility index (Phi) is 5.31. The van der Waals surface area contributed by atoms with Gasteiger partial charge in [-0.05, 0) is 35.2 Å². The molecule has 0 spiro atoms. The van der Waals surface area contributed by atoms with E-state index in [0.29, 0.717) is 31.1 Å². The number of halogens is 4. The number of nitrogens with two attached hydrogens (primary N) is 1. The third kappa shape index (κ3) is 3.68. The fourth-order valence-electron chi connectivity index (χ4n) is 4.48. The van der Waals surface area contributed by atoms with Gasteiger partial charge in [-0.2, -0.15) is 18.4 Å². The van der Waals surface area contributed by atoms with Crippen LogP contribution in [0.3, 0.4) is 0 Å². The SMILES string of the molecule is N#CC1=C(N)Oc2c(c(=O)[nH]c3c2sc2nc(C(F)(F)F)cc(-c4cccs4)c23)[C@H]1c1ccc(Cl)cc1. The summed E-state index contributed by atoms with van der Waals surface area (Å²) in [7, 11) is 0. The first-order valence-corrected chi connectivity index (χ1v) is 12.7. The zero-order valence-electron chi connectivity index (χ0n) is 18.3. The van der Waals surface area contributed by atoms with Crippen molar-refractivity contribution >= 4 is 54.7 Å². The zero-order valence-corrected chi connectivity index (χ0v) is 20.7. The second kappa shape index (κ2) is 8.34. The summed E-state index contributed by atoms with van der Waals surface area (Å²) in [6, 6.07) is 13.0. The molecule has 37 heavy (non-hydrogen) atoms. The second-order valence-corrected chi connectivity index (χ2v) is 10.6. The van der Waals surface area contributed by atoms with Crippen LogP contribution >= 0.6 is 34.3 Å². The number of fused-ring (bicyclic) bond motifs is 5. The molecule has 6 nitrogen and oxygen atoms in total. The molecule has 1 aliphatic rings. The number of allylic oxidation sites excluding steroid dienone is 1. The van der Waals surface area contributed by atoms with Gasteiger partial charge in [0.25, 0.3) is 5.56 Å². The minimum atomic E-state index is -4.67. The molecular weight excluding hydrogens is 545 g/mol. The topological polar surface area (TPSA) is 105 Å². The van der Waals surface area contributed by atoms with Crippen LogP contribution in [0.2, 0.25) is 5.02 Å². The van der Waals surface area contributed by atoms with Gasteiger partial charge in [0.15, 0.2) is 5.75 Å². The van der Waals surface area contributed by atoms with Gasteiger partial charge in [0.1, 0.15) is 22.2 Å². The Bertz CT molecular complexity index is 1850. The number of benzene rings is 1. The van der Waals surface area contributed by atoms with E-state index >= 15 is 0 Å². The number of rotatable bonds is 2. The van der Waals surface area contributed by atoms with Crippen LogP contribution < -0.4 is 16.0 Å². The van der Waals surface area contributed by atoms with E-state index in [4.69, 9.17) is 22.1 Å². The molecule has 0 saturated heterocycles. The molecule has 3 N–H and O–H groups in total. The summed E-state index contributed by atoms with van der Waals surface area (Å²) in [6.45, 7) is 0. The fourth-order valence-corrected chi connectivity index (χ4v) is 6.50. The highest BCUT2D eigenvalue weighted by Crippen LogP contribution is 2.49. The molecule has 1 atom stereocenters. The van der Waals surface area contributed by atoms with Crippen molar-refractivity contribution < 1.29 is 17.9 Å². The molecule has 0 saturated carbocycles. The lowest BCUT2D eigenvalue weighted by atomic mass is 9.84. The molecule has 0 bridgehead atoms. The molecule has 12 heteroatoms. The zero-order chi connectivity index (χ0) is 26.1. The van der Waals surface area contributed by atoms with Crippen LogP contribution in [0.5, 0.6) is 5.75 Å². The van der Waals surface area contributed by atoms with E-state index in [1.165, 1.54) is 11.3 Å². The van der Waals surface area contributed by atoms with Crippen LogP contribution in [0, 0.1) is 11.3 Å². The molecule has 1 aromatic carbocycles. The number of aromatic amines is 1. The molecular formula is C25H12ClF3N4O2S2. The first-order valence-electron chi connectivity index (χ1n) is 10.6.